The van der Waals surface area contributed by atoms with E-state index < -0.39 is 5.97 Å². The van der Waals surface area contributed by atoms with Crippen molar-refractivity contribution in [1.82, 2.24) is 4.90 Å². The Labute approximate surface area is 130 Å². The maximum absolute atomic E-state index is 12.1. The number of benzene rings is 1. The van der Waals surface area contributed by atoms with E-state index in [2.05, 4.69) is 6.92 Å². The number of aromatic carboxylic acids is 1. The molecule has 1 aromatic carbocycles. The first-order valence-corrected chi connectivity index (χ1v) is 7.67. The fourth-order valence-corrected chi connectivity index (χ4v) is 2.69. The van der Waals surface area contributed by atoms with Crippen molar-refractivity contribution in [1.29, 1.82) is 0 Å². The minimum Gasteiger partial charge on any atom is -0.478 e. The molecule has 120 valence electrons. The summed E-state index contributed by atoms with van der Waals surface area (Å²) in [6, 6.07) is 6.61. The number of amides is 1. The van der Waals surface area contributed by atoms with Crippen LogP contribution in [-0.2, 0) is 16.1 Å². The van der Waals surface area contributed by atoms with Gasteiger partial charge in [0.05, 0.1) is 17.8 Å². The molecule has 1 N–H and O–H groups in total. The Morgan fingerprint density at radius 3 is 2.50 bits per heavy atom. The predicted molar refractivity (Wildman–Crippen MR) is 82.7 cm³/mol. The van der Waals surface area contributed by atoms with Gasteiger partial charge >= 0.3 is 5.97 Å². The minimum atomic E-state index is -0.943. The fourth-order valence-electron chi connectivity index (χ4n) is 2.69. The number of carbonyl (C=O) groups is 2. The topological polar surface area (TPSA) is 66.8 Å². The van der Waals surface area contributed by atoms with Gasteiger partial charge in [0.2, 0.25) is 5.91 Å². The van der Waals surface area contributed by atoms with Gasteiger partial charge in [-0.25, -0.2) is 4.79 Å². The van der Waals surface area contributed by atoms with Gasteiger partial charge in [-0.1, -0.05) is 12.1 Å². The molecule has 2 rings (SSSR count). The molecule has 1 heterocycles. The molecule has 0 saturated carbocycles. The van der Waals surface area contributed by atoms with Gasteiger partial charge in [-0.15, -0.1) is 0 Å². The first-order chi connectivity index (χ1) is 10.5. The van der Waals surface area contributed by atoms with Crippen LogP contribution in [0.2, 0.25) is 0 Å². The second-order valence-corrected chi connectivity index (χ2v) is 5.94. The maximum atomic E-state index is 12.1. The zero-order valence-electron chi connectivity index (χ0n) is 13.1. The molecule has 0 aromatic heterocycles. The smallest absolute Gasteiger partial charge is 0.335 e. The second kappa shape index (κ2) is 7.40. The standard InChI is InChI=1S/C17H23NO4/c1-12-3-8-15(22-12)9-10-16(19)18(2)11-13-4-6-14(7-5-13)17(20)21/h4-7,12,15H,3,8-11H2,1-2H3,(H,20,21)/t12-,15-/m1/s1. The molecule has 0 unspecified atom stereocenters. The third-order valence-corrected chi connectivity index (χ3v) is 4.05. The van der Waals surface area contributed by atoms with E-state index in [1.807, 2.05) is 0 Å². The summed E-state index contributed by atoms with van der Waals surface area (Å²) in [5.74, 6) is -0.854. The average molecular weight is 305 g/mol. The maximum Gasteiger partial charge on any atom is 0.335 e. The van der Waals surface area contributed by atoms with Crippen LogP contribution in [0.4, 0.5) is 0 Å². The third kappa shape index (κ3) is 4.56. The van der Waals surface area contributed by atoms with E-state index in [9.17, 15) is 9.59 Å². The first kappa shape index (κ1) is 16.5. The molecule has 5 nitrogen and oxygen atoms in total. The Bertz CT molecular complexity index is 526. The summed E-state index contributed by atoms with van der Waals surface area (Å²) >= 11 is 0. The van der Waals surface area contributed by atoms with Crippen molar-refractivity contribution in [3.8, 4) is 0 Å². The van der Waals surface area contributed by atoms with E-state index in [-0.39, 0.29) is 17.6 Å². The monoisotopic (exact) mass is 305 g/mol. The summed E-state index contributed by atoms with van der Waals surface area (Å²) in [6.45, 7) is 2.55. The number of rotatable bonds is 6. The zero-order chi connectivity index (χ0) is 16.1. The summed E-state index contributed by atoms with van der Waals surface area (Å²) in [4.78, 5) is 24.6. The van der Waals surface area contributed by atoms with Crippen LogP contribution < -0.4 is 0 Å². The molecule has 5 heteroatoms. The van der Waals surface area contributed by atoms with Gasteiger partial charge in [0.1, 0.15) is 0 Å². The van der Waals surface area contributed by atoms with E-state index >= 15 is 0 Å². The lowest BCUT2D eigenvalue weighted by molar-refractivity contribution is -0.131. The SMILES string of the molecule is C[C@@H]1CC[C@H](CCC(=O)N(C)Cc2ccc(C(=O)O)cc2)O1. The minimum absolute atomic E-state index is 0.0884. The molecule has 0 spiro atoms. The molecule has 0 aliphatic carbocycles. The molecule has 1 amide bonds. The second-order valence-electron chi connectivity index (χ2n) is 5.94. The van der Waals surface area contributed by atoms with Crippen molar-refractivity contribution in [3.05, 3.63) is 35.4 Å². The number of hydrogen-bond donors (Lipinski definition) is 1. The number of ether oxygens (including phenoxy) is 1. The zero-order valence-corrected chi connectivity index (χ0v) is 13.1. The number of carboxylic acid groups (broad SMARTS) is 1. The lowest BCUT2D eigenvalue weighted by Gasteiger charge is -2.18. The molecule has 22 heavy (non-hydrogen) atoms. The normalized spacial score (nSPS) is 20.8. The average Bonchev–Trinajstić information content (AvgIpc) is 2.91. The van der Waals surface area contributed by atoms with Crippen molar-refractivity contribution >= 4 is 11.9 Å². The van der Waals surface area contributed by atoms with Crippen molar-refractivity contribution in [3.63, 3.8) is 0 Å². The molecule has 1 aliphatic heterocycles. The first-order valence-electron chi connectivity index (χ1n) is 7.67. The summed E-state index contributed by atoms with van der Waals surface area (Å²) in [6.07, 6.45) is 3.89. The van der Waals surface area contributed by atoms with E-state index in [4.69, 9.17) is 9.84 Å². The largest absolute Gasteiger partial charge is 0.478 e. The summed E-state index contributed by atoms with van der Waals surface area (Å²) in [5, 5.41) is 8.86. The molecule has 1 aromatic rings. The van der Waals surface area contributed by atoms with Gasteiger partial charge in [-0.05, 0) is 43.9 Å². The molecule has 1 fully saturated rings. The number of carbonyl (C=O) groups excluding carboxylic acids is 1. The van der Waals surface area contributed by atoms with Crippen molar-refractivity contribution < 1.29 is 19.4 Å². The van der Waals surface area contributed by atoms with Crippen LogP contribution in [0.15, 0.2) is 24.3 Å². The number of nitrogens with zero attached hydrogens (tertiary/aromatic N) is 1. The lowest BCUT2D eigenvalue weighted by atomic mass is 10.1. The number of carboxylic acids is 1. The van der Waals surface area contributed by atoms with Crippen LogP contribution >= 0.6 is 0 Å². The number of hydrogen-bond acceptors (Lipinski definition) is 3. The van der Waals surface area contributed by atoms with Crippen LogP contribution in [0, 0.1) is 0 Å². The van der Waals surface area contributed by atoms with Crippen LogP contribution in [0.5, 0.6) is 0 Å². The van der Waals surface area contributed by atoms with E-state index in [1.54, 1.807) is 36.2 Å². The van der Waals surface area contributed by atoms with Crippen LogP contribution in [-0.4, -0.2) is 41.1 Å². The molecular weight excluding hydrogens is 282 g/mol. The predicted octanol–water partition coefficient (Wildman–Crippen LogP) is 2.69. The van der Waals surface area contributed by atoms with Gasteiger partial charge in [0.15, 0.2) is 0 Å². The summed E-state index contributed by atoms with van der Waals surface area (Å²) in [7, 11) is 1.77. The van der Waals surface area contributed by atoms with E-state index in [0.29, 0.717) is 19.1 Å². The molecular formula is C17H23NO4. The van der Waals surface area contributed by atoms with Gasteiger partial charge in [0, 0.05) is 20.0 Å². The quantitative estimate of drug-likeness (QED) is 0.877. The highest BCUT2D eigenvalue weighted by Gasteiger charge is 2.22. The van der Waals surface area contributed by atoms with Crippen LogP contribution in [0.1, 0.15) is 48.5 Å². The van der Waals surface area contributed by atoms with Gasteiger partial charge < -0.3 is 14.7 Å². The van der Waals surface area contributed by atoms with Crippen LogP contribution in [0.3, 0.4) is 0 Å². The Hall–Kier alpha value is -1.88. The van der Waals surface area contributed by atoms with Crippen LogP contribution in [0.25, 0.3) is 0 Å². The van der Waals surface area contributed by atoms with Crippen molar-refractivity contribution in [2.45, 2.75) is 51.4 Å². The Morgan fingerprint density at radius 2 is 1.95 bits per heavy atom. The van der Waals surface area contributed by atoms with E-state index in [1.165, 1.54) is 0 Å². The fraction of sp³-hybridized carbons (Fsp3) is 0.529. The van der Waals surface area contributed by atoms with Crippen molar-refractivity contribution in [2.75, 3.05) is 7.05 Å². The highest BCUT2D eigenvalue weighted by atomic mass is 16.5. The van der Waals surface area contributed by atoms with Gasteiger partial charge in [-0.2, -0.15) is 0 Å². The Balaban J connectivity index is 1.79. The van der Waals surface area contributed by atoms with Crippen molar-refractivity contribution in [2.24, 2.45) is 0 Å². The summed E-state index contributed by atoms with van der Waals surface area (Å²) < 4.78 is 5.72. The Kier molecular flexibility index (Phi) is 5.55. The molecule has 0 bridgehead atoms. The molecule has 0 radical (unpaired) electrons. The molecule has 1 saturated heterocycles. The molecule has 2 atom stereocenters. The Morgan fingerprint density at radius 1 is 1.27 bits per heavy atom. The highest BCUT2D eigenvalue weighted by molar-refractivity contribution is 5.87. The van der Waals surface area contributed by atoms with E-state index in [0.717, 1.165) is 24.8 Å². The lowest BCUT2D eigenvalue weighted by Crippen LogP contribution is -2.27. The molecule has 1 aliphatic rings. The summed E-state index contributed by atoms with van der Waals surface area (Å²) in [5.41, 5.74) is 1.18. The van der Waals surface area contributed by atoms with Gasteiger partial charge in [-0.3, -0.25) is 4.79 Å². The highest BCUT2D eigenvalue weighted by Crippen LogP contribution is 2.22. The third-order valence-electron chi connectivity index (χ3n) is 4.05. The van der Waals surface area contributed by atoms with Gasteiger partial charge in [0.25, 0.3) is 0 Å².